The fraction of sp³-hybridized carbons (Fsp3) is 0.150. The number of phenols is 1. The molecule has 0 saturated heterocycles. The number of aromatic nitrogens is 3. The molecule has 4 rings (SSSR count). The molecule has 10 heteroatoms. The average molecular weight is 426 g/mol. The van der Waals surface area contributed by atoms with Crippen molar-refractivity contribution in [2.45, 2.75) is 24.9 Å². The zero-order chi connectivity index (χ0) is 21.3. The molecule has 0 aliphatic carbocycles. The number of hydrogen-bond donors (Lipinski definition) is 2. The van der Waals surface area contributed by atoms with Crippen molar-refractivity contribution in [3.05, 3.63) is 82.0 Å². The number of sulfonamides is 1. The van der Waals surface area contributed by atoms with E-state index in [4.69, 9.17) is 4.42 Å². The molecule has 2 heterocycles. The molecule has 2 aromatic carbocycles. The molecular weight excluding hydrogens is 408 g/mol. The van der Waals surface area contributed by atoms with Gasteiger partial charge in [-0.2, -0.15) is 0 Å². The summed E-state index contributed by atoms with van der Waals surface area (Å²) in [6, 6.07) is 12.4. The van der Waals surface area contributed by atoms with Gasteiger partial charge in [0.25, 0.3) is 0 Å². The van der Waals surface area contributed by atoms with Crippen LogP contribution in [0, 0.1) is 6.92 Å². The van der Waals surface area contributed by atoms with Gasteiger partial charge < -0.3 is 9.52 Å². The lowest BCUT2D eigenvalue weighted by atomic mass is 10.1. The third kappa shape index (κ3) is 4.24. The van der Waals surface area contributed by atoms with Crippen molar-refractivity contribution in [2.75, 3.05) is 0 Å². The van der Waals surface area contributed by atoms with Gasteiger partial charge in [-0.3, -0.25) is 0 Å². The van der Waals surface area contributed by atoms with E-state index in [1.807, 2.05) is 6.92 Å². The number of fused-ring (bicyclic) bond motifs is 1. The normalized spacial score (nSPS) is 11.8. The highest BCUT2D eigenvalue weighted by atomic mass is 32.2. The maximum absolute atomic E-state index is 12.4. The molecule has 4 aromatic rings. The lowest BCUT2D eigenvalue weighted by Crippen LogP contribution is -2.23. The van der Waals surface area contributed by atoms with E-state index in [1.165, 1.54) is 22.9 Å². The second-order valence-electron chi connectivity index (χ2n) is 6.82. The van der Waals surface area contributed by atoms with E-state index in [2.05, 4.69) is 15.0 Å². The van der Waals surface area contributed by atoms with E-state index in [-0.39, 0.29) is 29.3 Å². The van der Waals surface area contributed by atoms with Crippen LogP contribution in [0.4, 0.5) is 0 Å². The van der Waals surface area contributed by atoms with Gasteiger partial charge in [0.1, 0.15) is 11.3 Å². The Balaban J connectivity index is 1.51. The van der Waals surface area contributed by atoms with Crippen LogP contribution in [0.5, 0.6) is 5.75 Å². The van der Waals surface area contributed by atoms with E-state index in [9.17, 15) is 18.3 Å². The van der Waals surface area contributed by atoms with E-state index >= 15 is 0 Å². The van der Waals surface area contributed by atoms with Gasteiger partial charge in [0.2, 0.25) is 10.0 Å². The van der Waals surface area contributed by atoms with Crippen LogP contribution in [-0.4, -0.2) is 28.5 Å². The third-order valence-electron chi connectivity index (χ3n) is 4.51. The molecule has 0 unspecified atom stereocenters. The lowest BCUT2D eigenvalue weighted by molar-refractivity contribution is 0.473. The Kier molecular flexibility index (Phi) is 5.10. The smallest absolute Gasteiger partial charge is 0.336 e. The first-order valence-corrected chi connectivity index (χ1v) is 10.5. The number of hydrogen-bond acceptors (Lipinski definition) is 7. The van der Waals surface area contributed by atoms with Gasteiger partial charge in [0.05, 0.1) is 29.9 Å². The molecule has 0 aliphatic heterocycles. The van der Waals surface area contributed by atoms with Crippen molar-refractivity contribution in [2.24, 2.45) is 0 Å². The quantitative estimate of drug-likeness (QED) is 0.451. The molecule has 0 spiro atoms. The van der Waals surface area contributed by atoms with E-state index in [1.54, 1.807) is 36.5 Å². The number of aromatic hydroxyl groups is 1. The predicted molar refractivity (Wildman–Crippen MR) is 108 cm³/mol. The minimum atomic E-state index is -3.67. The summed E-state index contributed by atoms with van der Waals surface area (Å²) in [5, 5.41) is 18.2. The summed E-state index contributed by atoms with van der Waals surface area (Å²) in [6.45, 7) is 2.08. The summed E-state index contributed by atoms with van der Waals surface area (Å²) in [7, 11) is -3.67. The van der Waals surface area contributed by atoms with Crippen molar-refractivity contribution in [1.82, 2.24) is 19.7 Å². The maximum Gasteiger partial charge on any atom is 0.336 e. The van der Waals surface area contributed by atoms with Crippen LogP contribution < -0.4 is 10.3 Å². The van der Waals surface area contributed by atoms with E-state index in [0.29, 0.717) is 16.6 Å². The van der Waals surface area contributed by atoms with Gasteiger partial charge >= 0.3 is 5.63 Å². The second kappa shape index (κ2) is 7.73. The molecule has 0 radical (unpaired) electrons. The van der Waals surface area contributed by atoms with Crippen molar-refractivity contribution in [3.63, 3.8) is 0 Å². The van der Waals surface area contributed by atoms with Crippen LogP contribution in [0.1, 0.15) is 16.8 Å². The van der Waals surface area contributed by atoms with Gasteiger partial charge in [-0.05, 0) is 36.8 Å². The van der Waals surface area contributed by atoms with Crippen LogP contribution in [0.2, 0.25) is 0 Å². The number of nitrogens with zero attached hydrogens (tertiary/aromatic N) is 3. The highest BCUT2D eigenvalue weighted by molar-refractivity contribution is 7.89. The second-order valence-corrected chi connectivity index (χ2v) is 8.58. The molecule has 30 heavy (non-hydrogen) atoms. The van der Waals surface area contributed by atoms with Crippen LogP contribution >= 0.6 is 0 Å². The Morgan fingerprint density at radius 2 is 1.90 bits per heavy atom. The molecule has 0 amide bonds. The first-order valence-electron chi connectivity index (χ1n) is 9.01. The summed E-state index contributed by atoms with van der Waals surface area (Å²) < 4.78 is 33.9. The number of phenolic OH excluding ortho intramolecular Hbond substituents is 1. The Hall–Kier alpha value is -3.50. The van der Waals surface area contributed by atoms with Gasteiger partial charge in [0.15, 0.2) is 0 Å². The van der Waals surface area contributed by atoms with Crippen molar-refractivity contribution in [1.29, 1.82) is 0 Å². The van der Waals surface area contributed by atoms with Crippen LogP contribution in [0.25, 0.3) is 11.0 Å². The number of nitrogens with one attached hydrogen (secondary N) is 1. The minimum absolute atomic E-state index is 0.00768. The van der Waals surface area contributed by atoms with Crippen LogP contribution in [0.3, 0.4) is 0 Å². The molecule has 0 aliphatic rings. The molecule has 0 fully saturated rings. The van der Waals surface area contributed by atoms with Crippen molar-refractivity contribution >= 4 is 21.0 Å². The zero-order valence-corrected chi connectivity index (χ0v) is 16.8. The zero-order valence-electron chi connectivity index (χ0n) is 15.9. The molecular formula is C20H18N4O5S. The summed E-state index contributed by atoms with van der Waals surface area (Å²) in [6.07, 6.45) is 1.60. The Bertz CT molecular complexity index is 1370. The van der Waals surface area contributed by atoms with Gasteiger partial charge in [-0.15, -0.1) is 5.10 Å². The van der Waals surface area contributed by atoms with Gasteiger partial charge in [-0.25, -0.2) is 22.6 Å². The fourth-order valence-corrected chi connectivity index (χ4v) is 3.99. The average Bonchev–Trinajstić information content (AvgIpc) is 3.14. The third-order valence-corrected chi connectivity index (χ3v) is 5.92. The van der Waals surface area contributed by atoms with Crippen molar-refractivity contribution < 1.29 is 17.9 Å². The highest BCUT2D eigenvalue weighted by Gasteiger charge is 2.15. The predicted octanol–water partition coefficient (Wildman–Crippen LogP) is 1.93. The SMILES string of the molecule is Cc1ccc(S(=O)(=O)NCc2cn(Cc3cc(=O)oc4cc(O)ccc34)nn2)cc1. The molecule has 154 valence electrons. The summed E-state index contributed by atoms with van der Waals surface area (Å²) in [4.78, 5) is 12.0. The number of rotatable bonds is 6. The van der Waals surface area contributed by atoms with E-state index < -0.39 is 15.6 Å². The summed E-state index contributed by atoms with van der Waals surface area (Å²) >= 11 is 0. The monoisotopic (exact) mass is 426 g/mol. The number of aryl methyl sites for hydroxylation is 1. The molecule has 2 N–H and O–H groups in total. The summed E-state index contributed by atoms with van der Waals surface area (Å²) in [5.41, 5.74) is 1.75. The highest BCUT2D eigenvalue weighted by Crippen LogP contribution is 2.22. The van der Waals surface area contributed by atoms with Crippen LogP contribution in [0.15, 0.2) is 68.8 Å². The largest absolute Gasteiger partial charge is 0.508 e. The van der Waals surface area contributed by atoms with Crippen LogP contribution in [-0.2, 0) is 23.1 Å². The van der Waals surface area contributed by atoms with Crippen molar-refractivity contribution in [3.8, 4) is 5.75 Å². The molecule has 0 saturated carbocycles. The molecule has 0 atom stereocenters. The first kappa shape index (κ1) is 19.8. The Labute approximate surface area is 171 Å². The molecule has 2 aromatic heterocycles. The van der Waals surface area contributed by atoms with E-state index in [0.717, 1.165) is 5.56 Å². The number of benzene rings is 2. The molecule has 9 nitrogen and oxygen atoms in total. The Morgan fingerprint density at radius 1 is 1.13 bits per heavy atom. The minimum Gasteiger partial charge on any atom is -0.508 e. The first-order chi connectivity index (χ1) is 14.3. The topological polar surface area (TPSA) is 127 Å². The van der Waals surface area contributed by atoms with Gasteiger partial charge in [0, 0.05) is 17.5 Å². The van der Waals surface area contributed by atoms with Gasteiger partial charge in [-0.1, -0.05) is 22.9 Å². The maximum atomic E-state index is 12.4. The Morgan fingerprint density at radius 3 is 2.67 bits per heavy atom. The summed E-state index contributed by atoms with van der Waals surface area (Å²) in [5.74, 6) is -0.00768. The standard InChI is InChI=1S/C20H18N4O5S/c1-13-2-5-17(6-3-13)30(27,28)21-10-15-12-24(23-22-15)11-14-8-20(26)29-19-9-16(25)4-7-18(14)19/h2-9,12,21,25H,10-11H2,1H3. The fourth-order valence-electron chi connectivity index (χ4n) is 2.99. The molecule has 0 bridgehead atoms. The lowest BCUT2D eigenvalue weighted by Gasteiger charge is -2.06.